The second-order valence-electron chi connectivity index (χ2n) is 9.16. The zero-order valence-electron chi connectivity index (χ0n) is 19.3. The van der Waals surface area contributed by atoms with Crippen LogP contribution < -0.4 is 9.64 Å². The Kier molecular flexibility index (Phi) is 5.66. The van der Waals surface area contributed by atoms with Crippen molar-refractivity contribution in [3.63, 3.8) is 0 Å². The molecule has 0 saturated carbocycles. The van der Waals surface area contributed by atoms with Crippen molar-refractivity contribution in [2.24, 2.45) is 5.92 Å². The number of aromatic nitrogens is 3. The summed E-state index contributed by atoms with van der Waals surface area (Å²) in [7, 11) is 1.66. The number of rotatable bonds is 4. The molecule has 0 aliphatic carbocycles. The molecule has 3 aromatic rings. The number of methoxy groups -OCH3 is 1. The minimum absolute atomic E-state index is 0.0847. The van der Waals surface area contributed by atoms with E-state index in [0.717, 1.165) is 79.0 Å². The van der Waals surface area contributed by atoms with Crippen molar-refractivity contribution in [2.75, 3.05) is 51.4 Å². The number of anilines is 1. The molecule has 1 spiro atoms. The average molecular weight is 484 g/mol. The van der Waals surface area contributed by atoms with Crippen molar-refractivity contribution in [1.29, 1.82) is 0 Å². The van der Waals surface area contributed by atoms with Gasteiger partial charge in [-0.15, -0.1) is 5.10 Å². The minimum Gasteiger partial charge on any atom is -0.497 e. The van der Waals surface area contributed by atoms with E-state index < -0.39 is 5.79 Å². The molecule has 0 radical (unpaired) electrons. The predicted molar refractivity (Wildman–Crippen MR) is 128 cm³/mol. The third-order valence-electron chi connectivity index (χ3n) is 7.18. The van der Waals surface area contributed by atoms with Crippen LogP contribution in [0.25, 0.3) is 16.2 Å². The van der Waals surface area contributed by atoms with Crippen LogP contribution >= 0.6 is 11.3 Å². The van der Waals surface area contributed by atoms with Gasteiger partial charge < -0.3 is 24.0 Å². The molecule has 0 atom stereocenters. The van der Waals surface area contributed by atoms with Crippen molar-refractivity contribution in [1.82, 2.24) is 19.5 Å². The van der Waals surface area contributed by atoms with Gasteiger partial charge in [-0.3, -0.25) is 4.79 Å². The topological polar surface area (TPSA) is 81.4 Å². The fraction of sp³-hybridized carbons (Fsp3) is 0.542. The number of fused-ring (bicyclic) bond motifs is 1. The molecule has 9 nitrogen and oxygen atoms in total. The number of carbonyl (C=O) groups is 1. The maximum absolute atomic E-state index is 13.1. The molecule has 3 aliphatic heterocycles. The number of imidazole rings is 1. The number of carbonyl (C=O) groups excluding carboxylic acids is 1. The maximum Gasteiger partial charge on any atom is 0.225 e. The van der Waals surface area contributed by atoms with E-state index in [1.54, 1.807) is 18.4 Å². The van der Waals surface area contributed by atoms with Crippen LogP contribution in [0.2, 0.25) is 0 Å². The molecule has 3 saturated heterocycles. The summed E-state index contributed by atoms with van der Waals surface area (Å²) in [6.07, 6.45) is 5.22. The summed E-state index contributed by atoms with van der Waals surface area (Å²) in [6, 6.07) is 7.88. The first-order chi connectivity index (χ1) is 16.6. The second-order valence-corrected chi connectivity index (χ2v) is 10.1. The molecule has 5 heterocycles. The van der Waals surface area contributed by atoms with Crippen molar-refractivity contribution in [2.45, 2.75) is 31.5 Å². The van der Waals surface area contributed by atoms with Crippen molar-refractivity contribution < 1.29 is 19.0 Å². The summed E-state index contributed by atoms with van der Waals surface area (Å²) in [5.74, 6) is 0.760. The number of ether oxygens (including phenoxy) is 3. The molecule has 34 heavy (non-hydrogen) atoms. The van der Waals surface area contributed by atoms with Crippen LogP contribution in [-0.4, -0.2) is 77.7 Å². The van der Waals surface area contributed by atoms with E-state index in [4.69, 9.17) is 24.3 Å². The van der Waals surface area contributed by atoms with Crippen molar-refractivity contribution >= 4 is 27.3 Å². The van der Waals surface area contributed by atoms with E-state index in [0.29, 0.717) is 13.2 Å². The van der Waals surface area contributed by atoms with Gasteiger partial charge in [-0.05, 0) is 37.1 Å². The summed E-state index contributed by atoms with van der Waals surface area (Å²) in [4.78, 5) is 23.0. The molecule has 1 aromatic carbocycles. The molecule has 10 heteroatoms. The molecular weight excluding hydrogens is 454 g/mol. The molecule has 0 unspecified atom stereocenters. The lowest BCUT2D eigenvalue weighted by atomic mass is 9.94. The number of likely N-dealkylation sites (tertiary alicyclic amines) is 1. The molecule has 6 rings (SSSR count). The highest BCUT2D eigenvalue weighted by Gasteiger charge is 2.42. The fourth-order valence-corrected chi connectivity index (χ4v) is 6.08. The van der Waals surface area contributed by atoms with E-state index >= 15 is 0 Å². The van der Waals surface area contributed by atoms with Gasteiger partial charge >= 0.3 is 0 Å². The van der Waals surface area contributed by atoms with Crippen LogP contribution in [-0.2, 0) is 14.3 Å². The van der Waals surface area contributed by atoms with Gasteiger partial charge in [0.05, 0.1) is 32.2 Å². The van der Waals surface area contributed by atoms with Gasteiger partial charge in [-0.2, -0.15) is 0 Å². The Morgan fingerprint density at radius 1 is 1.09 bits per heavy atom. The summed E-state index contributed by atoms with van der Waals surface area (Å²) >= 11 is 1.59. The number of piperidine rings is 2. The molecule has 3 fully saturated rings. The molecule has 0 N–H and O–H groups in total. The third-order valence-corrected chi connectivity index (χ3v) is 8.17. The zero-order chi connectivity index (χ0) is 23.1. The first-order valence-corrected chi connectivity index (χ1v) is 12.8. The van der Waals surface area contributed by atoms with Crippen LogP contribution in [0, 0.1) is 5.92 Å². The molecule has 180 valence electrons. The predicted octanol–water partition coefficient (Wildman–Crippen LogP) is 3.05. The molecule has 1 amide bonds. The van der Waals surface area contributed by atoms with Crippen LogP contribution in [0.3, 0.4) is 0 Å². The molecule has 0 bridgehead atoms. The number of benzene rings is 1. The van der Waals surface area contributed by atoms with Crippen LogP contribution in [0.4, 0.5) is 5.13 Å². The SMILES string of the molecule is COc1ccc(-c2cn3nc(N4CCC(C(=O)N5CCC6(CC5)OCCO6)CC4)sc3n2)cc1. The monoisotopic (exact) mass is 483 g/mol. The van der Waals surface area contributed by atoms with Gasteiger partial charge in [0.1, 0.15) is 5.75 Å². The highest BCUT2D eigenvalue weighted by molar-refractivity contribution is 7.20. The fourth-order valence-electron chi connectivity index (χ4n) is 5.15. The molecule has 2 aromatic heterocycles. The Labute approximate surface area is 202 Å². The third kappa shape index (κ3) is 4.03. The Morgan fingerprint density at radius 3 is 2.44 bits per heavy atom. The number of hydrogen-bond acceptors (Lipinski definition) is 8. The van der Waals surface area contributed by atoms with E-state index in [9.17, 15) is 4.79 Å². The van der Waals surface area contributed by atoms with E-state index in [2.05, 4.69) is 4.90 Å². The number of nitrogens with zero attached hydrogens (tertiary/aromatic N) is 5. The van der Waals surface area contributed by atoms with Gasteiger partial charge in [0.2, 0.25) is 16.0 Å². The Hall–Kier alpha value is -2.69. The smallest absolute Gasteiger partial charge is 0.225 e. The van der Waals surface area contributed by atoms with Crippen molar-refractivity contribution in [3.05, 3.63) is 30.5 Å². The Balaban J connectivity index is 1.05. The lowest BCUT2D eigenvalue weighted by Crippen LogP contribution is -2.50. The largest absolute Gasteiger partial charge is 0.497 e. The maximum atomic E-state index is 13.1. The summed E-state index contributed by atoms with van der Waals surface area (Å²) in [6.45, 7) is 4.44. The van der Waals surface area contributed by atoms with Gasteiger partial charge in [0, 0.05) is 50.5 Å². The minimum atomic E-state index is -0.435. The lowest BCUT2D eigenvalue weighted by Gasteiger charge is -2.40. The first kappa shape index (κ1) is 21.8. The van der Waals surface area contributed by atoms with E-state index in [1.807, 2.05) is 39.9 Å². The zero-order valence-corrected chi connectivity index (χ0v) is 20.1. The van der Waals surface area contributed by atoms with Gasteiger partial charge in [-0.1, -0.05) is 11.3 Å². The standard InChI is InChI=1S/C24H29N5O4S/c1-31-19-4-2-17(3-5-19)20-16-29-22(25-20)34-23(26-29)28-10-6-18(7-11-28)21(30)27-12-8-24(9-13-27)32-14-15-33-24/h2-5,16,18H,6-15H2,1H3. The highest BCUT2D eigenvalue weighted by atomic mass is 32.1. The normalized spacial score (nSPS) is 21.0. The summed E-state index contributed by atoms with van der Waals surface area (Å²) < 4.78 is 18.7. The lowest BCUT2D eigenvalue weighted by molar-refractivity contribution is -0.188. The molecular formula is C24H29N5O4S. The number of hydrogen-bond donors (Lipinski definition) is 0. The van der Waals surface area contributed by atoms with Gasteiger partial charge in [0.25, 0.3) is 0 Å². The average Bonchev–Trinajstić information content (AvgIpc) is 3.60. The molecule has 3 aliphatic rings. The quantitative estimate of drug-likeness (QED) is 0.564. The van der Waals surface area contributed by atoms with Gasteiger partial charge in [-0.25, -0.2) is 9.50 Å². The van der Waals surface area contributed by atoms with Crippen LogP contribution in [0.5, 0.6) is 5.75 Å². The second kappa shape index (κ2) is 8.83. The van der Waals surface area contributed by atoms with E-state index in [-0.39, 0.29) is 11.8 Å². The van der Waals surface area contributed by atoms with Gasteiger partial charge in [0.15, 0.2) is 5.79 Å². The highest BCUT2D eigenvalue weighted by Crippen LogP contribution is 2.34. The van der Waals surface area contributed by atoms with Crippen LogP contribution in [0.15, 0.2) is 30.5 Å². The van der Waals surface area contributed by atoms with Crippen molar-refractivity contribution in [3.8, 4) is 17.0 Å². The van der Waals surface area contributed by atoms with Crippen LogP contribution in [0.1, 0.15) is 25.7 Å². The summed E-state index contributed by atoms with van der Waals surface area (Å²) in [5, 5.41) is 5.73. The Bertz CT molecular complexity index is 1120. The van der Waals surface area contributed by atoms with E-state index in [1.165, 1.54) is 0 Å². The summed E-state index contributed by atoms with van der Waals surface area (Å²) in [5.41, 5.74) is 1.93. The first-order valence-electron chi connectivity index (χ1n) is 11.9. The number of amides is 1. The Morgan fingerprint density at radius 2 is 1.79 bits per heavy atom.